The number of nitrogens with zero attached hydrogens (tertiary/aromatic N) is 4. The summed E-state index contributed by atoms with van der Waals surface area (Å²) in [5, 5.41) is 0.135. The highest BCUT2D eigenvalue weighted by atomic mass is 33.1. The molecule has 5 heterocycles. The van der Waals surface area contributed by atoms with E-state index in [1.165, 1.54) is 44.0 Å². The van der Waals surface area contributed by atoms with E-state index in [1.807, 2.05) is 0 Å². The molecular formula is C60H82N6O15P3S2+. The molecule has 26 heteroatoms. The van der Waals surface area contributed by atoms with Gasteiger partial charge < -0.3 is 44.2 Å². The van der Waals surface area contributed by atoms with E-state index >= 15 is 0 Å². The first-order valence-corrected chi connectivity index (χ1v) is 36.2. The Balaban J connectivity index is 0.723. The largest absolute Gasteiger partial charge is 0.490 e. The summed E-state index contributed by atoms with van der Waals surface area (Å²) in [6.07, 6.45) is 20.9. The van der Waals surface area contributed by atoms with Crippen molar-refractivity contribution >= 4 is 90.7 Å². The molecule has 0 bridgehead atoms. The number of allylic oxidation sites excluding steroid dienone is 6. The monoisotopic (exact) mass is 1280 g/mol. The van der Waals surface area contributed by atoms with Crippen LogP contribution in [-0.4, -0.2) is 100 Å². The molecule has 4 aromatic rings. The van der Waals surface area contributed by atoms with Crippen molar-refractivity contribution in [1.82, 2.24) is 14.5 Å². The zero-order valence-corrected chi connectivity index (χ0v) is 54.1. The first-order valence-electron chi connectivity index (χ1n) is 29.2. The lowest BCUT2D eigenvalue weighted by Crippen LogP contribution is -2.28. The Morgan fingerprint density at radius 3 is 2.35 bits per heavy atom. The number of carbonyl (C=O) groups excluding carboxylic acids is 2. The van der Waals surface area contributed by atoms with Crippen LogP contribution in [0.1, 0.15) is 159 Å². The van der Waals surface area contributed by atoms with Crippen molar-refractivity contribution in [2.45, 2.75) is 161 Å². The number of nitrogen functional groups attached to an aromatic ring is 1. The van der Waals surface area contributed by atoms with Gasteiger partial charge in [0.15, 0.2) is 11.4 Å². The number of nitrogens with two attached hydrogens (primary N) is 1. The Bertz CT molecular complexity index is 3470. The fraction of sp³-hybridized carbons (Fsp3) is 0.517. The molecular weight excluding hydrogens is 1200 g/mol. The van der Waals surface area contributed by atoms with Crippen LogP contribution in [0.3, 0.4) is 0 Å². The number of hydrogen-bond donors (Lipinski definition) is 6. The van der Waals surface area contributed by atoms with E-state index in [-0.39, 0.29) is 52.9 Å². The third-order valence-corrected chi connectivity index (χ3v) is 21.3. The molecule has 86 heavy (non-hydrogen) atoms. The molecule has 0 spiro atoms. The predicted octanol–water partition coefficient (Wildman–Crippen LogP) is 12.4. The summed E-state index contributed by atoms with van der Waals surface area (Å²) in [6.45, 7) is 15.4. The molecule has 7 N–H and O–H groups in total. The van der Waals surface area contributed by atoms with Crippen LogP contribution >= 0.6 is 45.1 Å². The van der Waals surface area contributed by atoms with Gasteiger partial charge in [0.25, 0.3) is 5.56 Å². The lowest BCUT2D eigenvalue weighted by Gasteiger charge is -2.25. The van der Waals surface area contributed by atoms with Crippen LogP contribution in [0.2, 0.25) is 0 Å². The number of unbranched alkanes of at least 4 members (excludes halogenated alkanes) is 5. The van der Waals surface area contributed by atoms with Crippen LogP contribution in [0.5, 0.6) is 0 Å². The van der Waals surface area contributed by atoms with Gasteiger partial charge in [-0.2, -0.15) is 18.2 Å². The topological polar surface area (TPSA) is 295 Å². The van der Waals surface area contributed by atoms with Crippen molar-refractivity contribution in [3.8, 4) is 11.8 Å². The number of nitrogens with one attached hydrogen (secondary N) is 1. The van der Waals surface area contributed by atoms with Crippen LogP contribution in [-0.2, 0) is 56.7 Å². The van der Waals surface area contributed by atoms with Gasteiger partial charge in [-0.05, 0) is 96.4 Å². The number of Topliss-reactive ketones (excluding diaryl/α,β-unsaturated/α-hetero) is 2. The molecule has 0 radical (unpaired) electrons. The molecule has 0 saturated carbocycles. The SMILES string of the molecule is CCN1\C(=C/C=C/C=C/C2=[N+](CCCCCC(=O)CCCSSCOCCCCCCC(=O)CCC#Cc3cn([C@H]4CC[C@@H](COP(=O)(O)OP(=O)(O)OP(=O)(O)O)O4)c4nc(N)[nH]c(=O)c34)c3ccc(C)cc3C2(C)C)C(C)(C)c2ccccc21. The number of benzene rings is 2. The maximum Gasteiger partial charge on any atom is 0.490 e. The predicted molar refractivity (Wildman–Crippen MR) is 338 cm³/mol. The van der Waals surface area contributed by atoms with Crippen molar-refractivity contribution in [1.29, 1.82) is 0 Å². The number of ether oxygens (including phenoxy) is 2. The summed E-state index contributed by atoms with van der Waals surface area (Å²) in [5.41, 5.74) is 14.7. The number of carbonyl (C=O) groups is 2. The molecule has 2 aromatic heterocycles. The number of fused-ring (bicyclic) bond motifs is 3. The maximum absolute atomic E-state index is 13.0. The molecule has 7 rings (SSSR count). The summed E-state index contributed by atoms with van der Waals surface area (Å²) in [5.74, 6) is 7.63. The molecule has 2 aromatic carbocycles. The minimum atomic E-state index is -5.69. The van der Waals surface area contributed by atoms with Gasteiger partial charge >= 0.3 is 23.5 Å². The van der Waals surface area contributed by atoms with Gasteiger partial charge in [0.05, 0.1) is 29.1 Å². The summed E-state index contributed by atoms with van der Waals surface area (Å²) in [6, 6.07) is 15.5. The number of likely N-dealkylation sites (N-methyl/N-ethyl adjacent to an activating group) is 1. The van der Waals surface area contributed by atoms with E-state index in [9.17, 15) is 37.9 Å². The Morgan fingerprint density at radius 1 is 0.872 bits per heavy atom. The number of ketones is 2. The Kier molecular flexibility index (Phi) is 24.9. The highest BCUT2D eigenvalue weighted by molar-refractivity contribution is 8.76. The smallest absolute Gasteiger partial charge is 0.370 e. The second kappa shape index (κ2) is 31.1. The Morgan fingerprint density at radius 2 is 1.59 bits per heavy atom. The van der Waals surface area contributed by atoms with E-state index in [0.29, 0.717) is 49.6 Å². The van der Waals surface area contributed by atoms with Crippen LogP contribution in [0.25, 0.3) is 11.0 Å². The van der Waals surface area contributed by atoms with Gasteiger partial charge in [-0.1, -0.05) is 108 Å². The van der Waals surface area contributed by atoms with Crippen LogP contribution in [0.4, 0.5) is 17.3 Å². The third kappa shape index (κ3) is 19.1. The van der Waals surface area contributed by atoms with E-state index < -0.39 is 48.0 Å². The summed E-state index contributed by atoms with van der Waals surface area (Å²) >= 11 is 0. The van der Waals surface area contributed by atoms with Gasteiger partial charge in [-0.15, -0.1) is 0 Å². The highest BCUT2D eigenvalue weighted by Crippen LogP contribution is 2.66. The number of rotatable bonds is 34. The van der Waals surface area contributed by atoms with Crippen molar-refractivity contribution < 1.29 is 70.1 Å². The van der Waals surface area contributed by atoms with Crippen molar-refractivity contribution in [3.63, 3.8) is 0 Å². The van der Waals surface area contributed by atoms with E-state index in [0.717, 1.165) is 70.2 Å². The number of anilines is 2. The van der Waals surface area contributed by atoms with Gasteiger partial charge in [0.2, 0.25) is 11.6 Å². The third-order valence-electron chi connectivity index (χ3n) is 15.3. The van der Waals surface area contributed by atoms with Gasteiger partial charge in [-0.3, -0.25) is 23.9 Å². The van der Waals surface area contributed by atoms with Crippen molar-refractivity contribution in [2.75, 3.05) is 48.6 Å². The molecule has 1 saturated heterocycles. The quantitative estimate of drug-likeness (QED) is 0.00482. The molecule has 4 atom stereocenters. The lowest BCUT2D eigenvalue weighted by atomic mass is 9.81. The number of aromatic amines is 1. The fourth-order valence-corrected chi connectivity index (χ4v) is 15.9. The van der Waals surface area contributed by atoms with E-state index in [4.69, 9.17) is 29.5 Å². The van der Waals surface area contributed by atoms with E-state index in [1.54, 1.807) is 27.8 Å². The molecule has 3 aliphatic heterocycles. The number of phosphoric ester groups is 1. The number of hydrogen-bond acceptors (Lipinski definition) is 16. The second-order valence-electron chi connectivity index (χ2n) is 22.6. The normalized spacial score (nSPS) is 19.1. The molecule has 468 valence electrons. The molecule has 2 unspecified atom stereocenters. The first-order chi connectivity index (χ1) is 40.8. The average Bonchev–Trinajstić information content (AvgIpc) is 1.76. The molecule has 0 aliphatic carbocycles. The van der Waals surface area contributed by atoms with Gasteiger partial charge in [0.1, 0.15) is 30.3 Å². The number of H-pyrrole nitrogens is 1. The fourth-order valence-electron chi connectivity index (χ4n) is 11.1. The van der Waals surface area contributed by atoms with Gasteiger partial charge in [-0.25, -0.2) is 13.7 Å². The summed E-state index contributed by atoms with van der Waals surface area (Å²) in [7, 11) is -13.2. The number of phosphoric acid groups is 3. The minimum Gasteiger partial charge on any atom is -0.370 e. The van der Waals surface area contributed by atoms with Crippen molar-refractivity contribution in [3.05, 3.63) is 117 Å². The minimum absolute atomic E-state index is 0.0664. The highest BCUT2D eigenvalue weighted by Gasteiger charge is 2.45. The van der Waals surface area contributed by atoms with Crippen LogP contribution in [0.15, 0.2) is 89.5 Å². The summed E-state index contributed by atoms with van der Waals surface area (Å²) < 4.78 is 62.7. The Hall–Kier alpha value is -4.72. The molecule has 1 fully saturated rings. The van der Waals surface area contributed by atoms with Crippen LogP contribution < -0.4 is 16.2 Å². The van der Waals surface area contributed by atoms with Crippen LogP contribution in [0, 0.1) is 18.8 Å². The van der Waals surface area contributed by atoms with E-state index in [2.05, 4.69) is 154 Å². The standard InChI is InChI=1S/C60H81N6O15P3S2/c1-7-64-50-29-19-18-28-48(50)59(3,4)52(64)30-14-10-15-31-53-60(5,6)49-39-43(2)32-34-51(49)65(53)36-20-11-13-25-46(68)27-22-38-85-86-42-77-37-21-9-8-12-24-45(67)26-17-16-23-44-40-66(56-55(44)57(69)63-58(61)62-56)54-35-33-47(79-54)41-78-83(73,74)81-84(75,76)80-82(70,71)72/h10,14-15,18-19,28-32,34,39-40,47,54H,7-9,11-13,17,20-22,24-27,33,35-38,41-42H2,1-6H3,(H6-,61,62,63,69,70,71,72,73,74,75,76)/p+1/t47-,54+/m0/s1. The number of aryl methyl sites for hydroxylation is 1. The Labute approximate surface area is 511 Å². The lowest BCUT2D eigenvalue weighted by molar-refractivity contribution is -0.438. The average molecular weight is 1280 g/mol. The zero-order chi connectivity index (χ0) is 62.3. The zero-order valence-electron chi connectivity index (χ0n) is 49.8. The first kappa shape index (κ1) is 68.8. The summed E-state index contributed by atoms with van der Waals surface area (Å²) in [4.78, 5) is 84.3. The number of para-hydroxylation sites is 1. The molecule has 3 aliphatic rings. The maximum atomic E-state index is 13.0. The molecule has 0 amide bonds. The molecule has 21 nitrogen and oxygen atoms in total. The second-order valence-corrected chi connectivity index (χ2v) is 29.5. The van der Waals surface area contributed by atoms with Gasteiger partial charge in [0, 0.05) is 98.1 Å². The van der Waals surface area contributed by atoms with Crippen molar-refractivity contribution in [2.24, 2.45) is 0 Å². The number of aromatic nitrogens is 3.